The Kier molecular flexibility index (Phi) is 4.53. The van der Waals surface area contributed by atoms with Gasteiger partial charge >= 0.3 is 0 Å². The van der Waals surface area contributed by atoms with Gasteiger partial charge in [-0.1, -0.05) is 31.5 Å². The molecule has 1 aromatic rings. The van der Waals surface area contributed by atoms with Gasteiger partial charge in [0.05, 0.1) is 4.90 Å². The highest BCUT2D eigenvalue weighted by atomic mass is 32.2. The van der Waals surface area contributed by atoms with Crippen LogP contribution in [0.1, 0.15) is 26.3 Å². The summed E-state index contributed by atoms with van der Waals surface area (Å²) >= 11 is 0. The van der Waals surface area contributed by atoms with Crippen molar-refractivity contribution in [1.82, 2.24) is 4.72 Å². The maximum atomic E-state index is 12.3. The predicted octanol–water partition coefficient (Wildman–Crippen LogP) is 1.65. The van der Waals surface area contributed by atoms with Crippen LogP contribution in [-0.2, 0) is 10.0 Å². The van der Waals surface area contributed by atoms with Gasteiger partial charge in [-0.05, 0) is 31.9 Å². The summed E-state index contributed by atoms with van der Waals surface area (Å²) in [7, 11) is -3.52. The standard InChI is InChI=1S/C13H22N2O2S/c1-10(2)13(4,9-14)15-18(16,17)12-7-5-11(3)6-8-12/h5-8,10,15H,9,14H2,1-4H3/t13-/m1/s1. The zero-order valence-corrected chi connectivity index (χ0v) is 12.2. The molecule has 0 aliphatic rings. The Labute approximate surface area is 110 Å². The quantitative estimate of drug-likeness (QED) is 0.854. The van der Waals surface area contributed by atoms with Crippen molar-refractivity contribution in [2.75, 3.05) is 6.54 Å². The van der Waals surface area contributed by atoms with Crippen molar-refractivity contribution in [3.63, 3.8) is 0 Å². The van der Waals surface area contributed by atoms with E-state index in [0.717, 1.165) is 5.56 Å². The molecule has 1 rings (SSSR count). The Hall–Kier alpha value is -0.910. The van der Waals surface area contributed by atoms with E-state index in [1.54, 1.807) is 24.3 Å². The molecule has 4 nitrogen and oxygen atoms in total. The lowest BCUT2D eigenvalue weighted by molar-refractivity contribution is 0.315. The van der Waals surface area contributed by atoms with Gasteiger partial charge in [-0.15, -0.1) is 0 Å². The molecule has 0 fully saturated rings. The van der Waals surface area contributed by atoms with Gasteiger partial charge in [0.15, 0.2) is 0 Å². The fraction of sp³-hybridized carbons (Fsp3) is 0.538. The number of rotatable bonds is 5. The summed E-state index contributed by atoms with van der Waals surface area (Å²) < 4.78 is 27.2. The maximum absolute atomic E-state index is 12.3. The molecule has 1 atom stereocenters. The topological polar surface area (TPSA) is 72.2 Å². The lowest BCUT2D eigenvalue weighted by Gasteiger charge is -2.33. The predicted molar refractivity (Wildman–Crippen MR) is 73.8 cm³/mol. The van der Waals surface area contributed by atoms with Gasteiger partial charge < -0.3 is 5.73 Å². The average Bonchev–Trinajstić information content (AvgIpc) is 2.28. The SMILES string of the molecule is Cc1ccc(S(=O)(=O)N[C@](C)(CN)C(C)C)cc1. The molecule has 0 aliphatic carbocycles. The van der Waals surface area contributed by atoms with Gasteiger partial charge in [0.25, 0.3) is 0 Å². The number of sulfonamides is 1. The zero-order valence-electron chi connectivity index (χ0n) is 11.4. The van der Waals surface area contributed by atoms with Crippen LogP contribution in [0.25, 0.3) is 0 Å². The molecule has 18 heavy (non-hydrogen) atoms. The minimum Gasteiger partial charge on any atom is -0.329 e. The van der Waals surface area contributed by atoms with Crippen LogP contribution < -0.4 is 10.5 Å². The van der Waals surface area contributed by atoms with Crippen molar-refractivity contribution < 1.29 is 8.42 Å². The normalized spacial score (nSPS) is 15.7. The van der Waals surface area contributed by atoms with Crippen LogP contribution in [0.15, 0.2) is 29.2 Å². The summed E-state index contributed by atoms with van der Waals surface area (Å²) in [5, 5.41) is 0. The molecule has 0 bridgehead atoms. The molecule has 5 heteroatoms. The second-order valence-electron chi connectivity index (χ2n) is 5.19. The van der Waals surface area contributed by atoms with Crippen LogP contribution in [0.5, 0.6) is 0 Å². The maximum Gasteiger partial charge on any atom is 0.241 e. The smallest absolute Gasteiger partial charge is 0.241 e. The molecule has 0 spiro atoms. The highest BCUT2D eigenvalue weighted by Gasteiger charge is 2.32. The Morgan fingerprint density at radius 2 is 1.78 bits per heavy atom. The number of nitrogens with two attached hydrogens (primary N) is 1. The second-order valence-corrected chi connectivity index (χ2v) is 6.88. The number of benzene rings is 1. The fourth-order valence-electron chi connectivity index (χ4n) is 1.48. The van der Waals surface area contributed by atoms with E-state index < -0.39 is 15.6 Å². The van der Waals surface area contributed by atoms with E-state index in [0.29, 0.717) is 0 Å². The number of hydrogen-bond acceptors (Lipinski definition) is 3. The third-order valence-electron chi connectivity index (χ3n) is 3.40. The third-order valence-corrected chi connectivity index (χ3v) is 5.02. The van der Waals surface area contributed by atoms with Crippen molar-refractivity contribution in [3.05, 3.63) is 29.8 Å². The van der Waals surface area contributed by atoms with E-state index in [4.69, 9.17) is 5.73 Å². The van der Waals surface area contributed by atoms with Crippen molar-refractivity contribution >= 4 is 10.0 Å². The largest absolute Gasteiger partial charge is 0.329 e. The number of hydrogen-bond donors (Lipinski definition) is 2. The van der Waals surface area contributed by atoms with Gasteiger partial charge in [-0.3, -0.25) is 0 Å². The average molecular weight is 270 g/mol. The van der Waals surface area contributed by atoms with E-state index >= 15 is 0 Å². The summed E-state index contributed by atoms with van der Waals surface area (Å²) in [6, 6.07) is 6.78. The molecule has 0 saturated heterocycles. The number of aryl methyl sites for hydroxylation is 1. The van der Waals surface area contributed by atoms with Gasteiger partial charge in [0.1, 0.15) is 0 Å². The fourth-order valence-corrected chi connectivity index (χ4v) is 3.02. The van der Waals surface area contributed by atoms with Crippen LogP contribution in [0.3, 0.4) is 0 Å². The first-order valence-electron chi connectivity index (χ1n) is 6.02. The highest BCUT2D eigenvalue weighted by Crippen LogP contribution is 2.19. The Morgan fingerprint density at radius 1 is 1.28 bits per heavy atom. The molecule has 0 aliphatic heterocycles. The van der Waals surface area contributed by atoms with Gasteiger partial charge in [-0.2, -0.15) is 0 Å². The summed E-state index contributed by atoms with van der Waals surface area (Å²) in [6.07, 6.45) is 0. The number of nitrogens with one attached hydrogen (secondary N) is 1. The zero-order chi connectivity index (χ0) is 14.0. The molecule has 0 saturated carbocycles. The van der Waals surface area contributed by atoms with Gasteiger partial charge in [0.2, 0.25) is 10.0 Å². The summed E-state index contributed by atoms with van der Waals surface area (Å²) in [5.41, 5.74) is 6.08. The summed E-state index contributed by atoms with van der Waals surface area (Å²) in [4.78, 5) is 0.272. The van der Waals surface area contributed by atoms with Crippen LogP contribution in [-0.4, -0.2) is 20.5 Å². The minimum atomic E-state index is -3.52. The Bertz CT molecular complexity index is 494. The first kappa shape index (κ1) is 15.1. The first-order chi connectivity index (χ1) is 8.21. The Morgan fingerprint density at radius 3 is 2.17 bits per heavy atom. The van der Waals surface area contributed by atoms with E-state index in [-0.39, 0.29) is 17.4 Å². The van der Waals surface area contributed by atoms with Crippen molar-refractivity contribution in [2.45, 2.75) is 38.1 Å². The molecule has 1 aromatic carbocycles. The van der Waals surface area contributed by atoms with Crippen LogP contribution in [0.2, 0.25) is 0 Å². The van der Waals surface area contributed by atoms with E-state index in [1.807, 2.05) is 27.7 Å². The summed E-state index contributed by atoms with van der Waals surface area (Å²) in [6.45, 7) is 7.90. The van der Waals surface area contributed by atoms with Crippen LogP contribution in [0, 0.1) is 12.8 Å². The first-order valence-corrected chi connectivity index (χ1v) is 7.50. The third kappa shape index (κ3) is 3.31. The van der Waals surface area contributed by atoms with Gasteiger partial charge in [0, 0.05) is 12.1 Å². The molecular weight excluding hydrogens is 248 g/mol. The Balaban J connectivity index is 3.05. The van der Waals surface area contributed by atoms with Crippen LogP contribution in [0.4, 0.5) is 0 Å². The highest BCUT2D eigenvalue weighted by molar-refractivity contribution is 7.89. The van der Waals surface area contributed by atoms with E-state index in [2.05, 4.69) is 4.72 Å². The van der Waals surface area contributed by atoms with Crippen molar-refractivity contribution in [2.24, 2.45) is 11.7 Å². The van der Waals surface area contributed by atoms with Gasteiger partial charge in [-0.25, -0.2) is 13.1 Å². The molecule has 0 unspecified atom stereocenters. The lowest BCUT2D eigenvalue weighted by atomic mass is 9.90. The second kappa shape index (κ2) is 5.38. The monoisotopic (exact) mass is 270 g/mol. The molecular formula is C13H22N2O2S. The molecule has 0 heterocycles. The minimum absolute atomic E-state index is 0.114. The van der Waals surface area contributed by atoms with E-state index in [9.17, 15) is 8.42 Å². The molecule has 0 amide bonds. The van der Waals surface area contributed by atoms with Crippen molar-refractivity contribution in [1.29, 1.82) is 0 Å². The summed E-state index contributed by atoms with van der Waals surface area (Å²) in [5.74, 6) is 0.114. The lowest BCUT2D eigenvalue weighted by Crippen LogP contribution is -2.54. The van der Waals surface area contributed by atoms with Crippen LogP contribution >= 0.6 is 0 Å². The molecule has 0 radical (unpaired) electrons. The van der Waals surface area contributed by atoms with Crippen molar-refractivity contribution in [3.8, 4) is 0 Å². The molecule has 102 valence electrons. The van der Waals surface area contributed by atoms with E-state index in [1.165, 1.54) is 0 Å². The molecule has 0 aromatic heterocycles. The molecule has 3 N–H and O–H groups in total.